The summed E-state index contributed by atoms with van der Waals surface area (Å²) in [7, 11) is -3.92. The van der Waals surface area contributed by atoms with Gasteiger partial charge in [0.25, 0.3) is 0 Å². The van der Waals surface area contributed by atoms with Crippen LogP contribution in [0.2, 0.25) is 0 Å². The van der Waals surface area contributed by atoms with Crippen LogP contribution in [0.15, 0.2) is 42.7 Å². The van der Waals surface area contributed by atoms with Crippen molar-refractivity contribution in [2.45, 2.75) is 0 Å². The third-order valence-corrected chi connectivity index (χ3v) is 2.80. The summed E-state index contributed by atoms with van der Waals surface area (Å²) in [6, 6.07) is 7.90. The zero-order valence-electron chi connectivity index (χ0n) is 12.1. The van der Waals surface area contributed by atoms with Crippen LogP contribution in [0.1, 0.15) is 10.4 Å². The van der Waals surface area contributed by atoms with Gasteiger partial charge in [0.2, 0.25) is 0 Å². The second-order valence-corrected chi connectivity index (χ2v) is 5.87. The van der Waals surface area contributed by atoms with E-state index < -0.39 is 16.1 Å². The van der Waals surface area contributed by atoms with Crippen molar-refractivity contribution >= 4 is 22.0 Å². The van der Waals surface area contributed by atoms with Gasteiger partial charge in [0.1, 0.15) is 5.56 Å². The molecular weight excluding hydrogens is 324 g/mol. The summed E-state index contributed by atoms with van der Waals surface area (Å²) in [4.78, 5) is 11.6. The van der Waals surface area contributed by atoms with E-state index >= 15 is 0 Å². The molecule has 124 valence electrons. The van der Waals surface area contributed by atoms with Crippen LogP contribution in [0.4, 0.5) is 0 Å². The molecule has 0 aliphatic heterocycles. The lowest BCUT2D eigenvalue weighted by atomic mass is 10.1. The van der Waals surface area contributed by atoms with E-state index in [0.29, 0.717) is 5.69 Å². The summed E-state index contributed by atoms with van der Waals surface area (Å²) in [6.07, 6.45) is 4.12. The Bertz CT molecular complexity index is 796. The molecule has 6 N–H and O–H groups in total. The second kappa shape index (κ2) is 7.31. The quantitative estimate of drug-likeness (QED) is 0.351. The molecular formula is C13H16N4O5S. The zero-order chi connectivity index (χ0) is 17.6. The van der Waals surface area contributed by atoms with E-state index in [9.17, 15) is 18.3 Å². The number of benzene rings is 1. The lowest BCUT2D eigenvalue weighted by molar-refractivity contribution is 0.0745. The predicted molar refractivity (Wildman–Crippen MR) is 83.8 cm³/mol. The fourth-order valence-electron chi connectivity index (χ4n) is 1.58. The van der Waals surface area contributed by atoms with Crippen LogP contribution in [-0.2, 0) is 14.3 Å². The van der Waals surface area contributed by atoms with Gasteiger partial charge in [-0.25, -0.2) is 4.79 Å². The van der Waals surface area contributed by atoms with Crippen molar-refractivity contribution in [3.05, 3.63) is 48.3 Å². The molecule has 0 radical (unpaired) electrons. The van der Waals surface area contributed by atoms with E-state index in [0.717, 1.165) is 6.26 Å². The minimum atomic E-state index is -3.92. The van der Waals surface area contributed by atoms with Crippen LogP contribution in [0, 0.1) is 5.41 Å². The molecule has 0 saturated heterocycles. The predicted octanol–water partition coefficient (Wildman–Crippen LogP) is 0.138. The number of nitrogens with one attached hydrogen (secondary N) is 1. The van der Waals surface area contributed by atoms with Crippen LogP contribution in [0.5, 0.6) is 5.75 Å². The molecule has 23 heavy (non-hydrogen) atoms. The summed E-state index contributed by atoms with van der Waals surface area (Å²) >= 11 is 0. The smallest absolute Gasteiger partial charge is 0.357 e. The molecule has 0 unspecified atom stereocenters. The van der Waals surface area contributed by atoms with Crippen molar-refractivity contribution in [1.29, 1.82) is 5.41 Å². The largest absolute Gasteiger partial charge is 0.505 e. The average Bonchev–Trinajstić information content (AvgIpc) is 2.89. The number of carbonyl (C=O) groups excluding carboxylic acids is 1. The molecule has 0 amide bonds. The number of nitrogens with two attached hydrogens (primary N) is 2. The highest BCUT2D eigenvalue weighted by Gasteiger charge is 2.19. The van der Waals surface area contributed by atoms with E-state index in [-0.39, 0.29) is 17.3 Å². The van der Waals surface area contributed by atoms with Crippen molar-refractivity contribution in [3.8, 4) is 11.4 Å². The normalized spacial score (nSPS) is 10.3. The Morgan fingerprint density at radius 1 is 1.22 bits per heavy atom. The van der Waals surface area contributed by atoms with Gasteiger partial charge in [-0.15, -0.1) is 0 Å². The van der Waals surface area contributed by atoms with Crippen molar-refractivity contribution in [3.63, 3.8) is 0 Å². The number of rotatable bonds is 3. The Morgan fingerprint density at radius 3 is 2.22 bits per heavy atom. The number of phenols is 1. The van der Waals surface area contributed by atoms with Crippen LogP contribution >= 0.6 is 0 Å². The van der Waals surface area contributed by atoms with Gasteiger partial charge in [-0.3, -0.25) is 5.41 Å². The first-order chi connectivity index (χ1) is 10.6. The maximum Gasteiger partial charge on any atom is 0.357 e. The Kier molecular flexibility index (Phi) is 5.74. The maximum atomic E-state index is 11.6. The molecule has 1 aromatic heterocycles. The molecule has 0 aliphatic rings. The minimum Gasteiger partial charge on any atom is -0.505 e. The van der Waals surface area contributed by atoms with Crippen LogP contribution in [0.3, 0.4) is 0 Å². The molecule has 1 heterocycles. The van der Waals surface area contributed by atoms with E-state index in [1.54, 1.807) is 35.2 Å². The summed E-state index contributed by atoms with van der Waals surface area (Å²) < 4.78 is 27.7. The number of para-hydroxylation sites is 1. The lowest BCUT2D eigenvalue weighted by Crippen LogP contribution is -2.20. The SMILES string of the molecule is CS(=O)(=O)OC(=O)c1cccc(-n2cccc2)c1O.N=C(N)N. The molecule has 0 spiro atoms. The van der Waals surface area contributed by atoms with E-state index in [4.69, 9.17) is 5.41 Å². The highest BCUT2D eigenvalue weighted by molar-refractivity contribution is 7.86. The first-order valence-corrected chi connectivity index (χ1v) is 7.92. The van der Waals surface area contributed by atoms with Gasteiger partial charge >= 0.3 is 16.1 Å². The minimum absolute atomic E-state index is 0.211. The fourth-order valence-corrected chi connectivity index (χ4v) is 1.95. The van der Waals surface area contributed by atoms with Gasteiger partial charge in [0.05, 0.1) is 11.9 Å². The standard InChI is InChI=1S/C12H11NO5S.CH5N3/c1-19(16,17)18-12(15)9-5-4-6-10(11(9)14)13-7-2-3-8-13;2-1(3)4/h2-8,14H,1H3;(H5,2,3,4). The van der Waals surface area contributed by atoms with Crippen molar-refractivity contribution < 1.29 is 22.5 Å². The fraction of sp³-hybridized carbons (Fsp3) is 0.0769. The van der Waals surface area contributed by atoms with Gasteiger partial charge in [-0.05, 0) is 24.3 Å². The molecule has 0 aliphatic carbocycles. The van der Waals surface area contributed by atoms with E-state index in [1.165, 1.54) is 12.1 Å². The van der Waals surface area contributed by atoms with Crippen molar-refractivity contribution in [2.24, 2.45) is 11.5 Å². The number of carbonyl (C=O) groups is 1. The van der Waals surface area contributed by atoms with Gasteiger partial charge in [-0.2, -0.15) is 8.42 Å². The summed E-state index contributed by atoms with van der Waals surface area (Å²) in [5, 5.41) is 16.1. The van der Waals surface area contributed by atoms with Crippen LogP contribution in [0.25, 0.3) is 5.69 Å². The number of nitrogens with zero attached hydrogens (tertiary/aromatic N) is 1. The first kappa shape index (κ1) is 18.0. The Labute approximate surface area is 132 Å². The highest BCUT2D eigenvalue weighted by Crippen LogP contribution is 2.27. The molecule has 2 aromatic rings. The molecule has 0 fully saturated rings. The number of aromatic hydroxyl groups is 1. The second-order valence-electron chi connectivity index (χ2n) is 4.29. The summed E-state index contributed by atoms with van der Waals surface area (Å²) in [6.45, 7) is 0. The van der Waals surface area contributed by atoms with Crippen molar-refractivity contribution in [2.75, 3.05) is 6.26 Å². The number of hydrogen-bond acceptors (Lipinski definition) is 6. The Morgan fingerprint density at radius 2 is 1.74 bits per heavy atom. The van der Waals surface area contributed by atoms with Gasteiger partial charge in [0, 0.05) is 12.4 Å². The Hall–Kier alpha value is -3.01. The molecule has 9 nitrogen and oxygen atoms in total. The molecule has 1 aromatic carbocycles. The van der Waals surface area contributed by atoms with Crippen LogP contribution < -0.4 is 11.5 Å². The number of phenolic OH excluding ortho intramolecular Hbond substituents is 1. The number of aromatic nitrogens is 1. The monoisotopic (exact) mass is 340 g/mol. The van der Waals surface area contributed by atoms with Gasteiger partial charge in [-0.1, -0.05) is 6.07 Å². The molecule has 10 heteroatoms. The Balaban J connectivity index is 0.000000593. The van der Waals surface area contributed by atoms with Gasteiger partial charge in [0.15, 0.2) is 11.7 Å². The molecule has 0 atom stereocenters. The molecule has 2 rings (SSSR count). The number of guanidine groups is 1. The molecule has 0 saturated carbocycles. The number of hydrogen-bond donors (Lipinski definition) is 4. The van der Waals surface area contributed by atoms with Crippen LogP contribution in [-0.4, -0.2) is 36.3 Å². The van der Waals surface area contributed by atoms with Crippen molar-refractivity contribution in [1.82, 2.24) is 4.57 Å². The highest BCUT2D eigenvalue weighted by atomic mass is 32.2. The third-order valence-electron chi connectivity index (χ3n) is 2.34. The maximum absolute atomic E-state index is 11.6. The van der Waals surface area contributed by atoms with E-state index in [1.807, 2.05) is 0 Å². The zero-order valence-corrected chi connectivity index (χ0v) is 12.9. The lowest BCUT2D eigenvalue weighted by Gasteiger charge is -2.09. The third kappa shape index (κ3) is 5.71. The average molecular weight is 340 g/mol. The molecule has 0 bridgehead atoms. The first-order valence-electron chi connectivity index (χ1n) is 6.10. The summed E-state index contributed by atoms with van der Waals surface area (Å²) in [5.41, 5.74) is 9.09. The van der Waals surface area contributed by atoms with Gasteiger partial charge < -0.3 is 25.3 Å². The summed E-state index contributed by atoms with van der Waals surface area (Å²) in [5.74, 6) is -1.79. The topological polar surface area (TPSA) is 161 Å². The van der Waals surface area contributed by atoms with E-state index in [2.05, 4.69) is 15.7 Å².